The van der Waals surface area contributed by atoms with E-state index in [9.17, 15) is 9.18 Å². The number of fused-ring (bicyclic) bond motifs is 4. The molecule has 1 atom stereocenters. The molecule has 6 heteroatoms. The summed E-state index contributed by atoms with van der Waals surface area (Å²) in [6.45, 7) is 4.60. The van der Waals surface area contributed by atoms with Gasteiger partial charge in [-0.3, -0.25) is 4.79 Å². The van der Waals surface area contributed by atoms with Gasteiger partial charge in [-0.15, -0.1) is 0 Å². The Morgan fingerprint density at radius 2 is 1.79 bits per heavy atom. The van der Waals surface area contributed by atoms with E-state index in [1.165, 1.54) is 12.1 Å². The van der Waals surface area contributed by atoms with Crippen LogP contribution in [0.3, 0.4) is 0 Å². The van der Waals surface area contributed by atoms with Gasteiger partial charge in [0.05, 0.1) is 17.6 Å². The van der Waals surface area contributed by atoms with Crippen LogP contribution >= 0.6 is 15.9 Å². The number of methoxy groups -OCH3 is 1. The molecule has 0 fully saturated rings. The molecule has 0 saturated heterocycles. The molecule has 6 rings (SSSR count). The quantitative estimate of drug-likeness (QED) is 0.254. The SMILES string of the molecule is COc1cc([C@H]2Nc3ccc4ccccc4c3C3=C2C(=O)CC(C)(C)C3)cc(Br)c1OCc1ccc(F)cc1. The van der Waals surface area contributed by atoms with Crippen LogP contribution in [0.15, 0.2) is 82.8 Å². The predicted molar refractivity (Wildman–Crippen MR) is 157 cm³/mol. The number of hydrogen-bond donors (Lipinski definition) is 1. The molecule has 0 aromatic heterocycles. The predicted octanol–water partition coefficient (Wildman–Crippen LogP) is 8.64. The Labute approximate surface area is 236 Å². The standard InChI is InChI=1S/C33H29BrFNO3/c1-33(2)16-24-29-23-7-5-4-6-20(23)10-13-26(29)36-31(30(24)27(37)17-33)21-14-25(34)32(28(15-21)38-3)39-18-19-8-11-22(35)12-9-19/h4-15,31,36H,16-18H2,1-3H3/t31-/m1/s1. The van der Waals surface area contributed by atoms with Crippen LogP contribution in [0.5, 0.6) is 11.5 Å². The van der Waals surface area contributed by atoms with Crippen molar-refractivity contribution >= 4 is 43.7 Å². The Kier molecular flexibility index (Phi) is 6.46. The highest BCUT2D eigenvalue weighted by molar-refractivity contribution is 9.10. The highest BCUT2D eigenvalue weighted by Crippen LogP contribution is 2.53. The first-order valence-corrected chi connectivity index (χ1v) is 13.8. The summed E-state index contributed by atoms with van der Waals surface area (Å²) in [7, 11) is 1.60. The van der Waals surface area contributed by atoms with Crippen LogP contribution in [-0.2, 0) is 11.4 Å². The van der Waals surface area contributed by atoms with Gasteiger partial charge in [0.1, 0.15) is 12.4 Å². The third-order valence-electron chi connectivity index (χ3n) is 7.62. The number of benzene rings is 4. The normalized spacial score (nSPS) is 17.9. The molecule has 1 aliphatic carbocycles. The molecule has 0 radical (unpaired) electrons. The molecule has 0 bridgehead atoms. The third kappa shape index (κ3) is 4.71. The van der Waals surface area contributed by atoms with Crippen molar-refractivity contribution in [2.45, 2.75) is 39.3 Å². The van der Waals surface area contributed by atoms with Crippen LogP contribution in [0.1, 0.15) is 49.4 Å². The van der Waals surface area contributed by atoms with Gasteiger partial charge in [0.25, 0.3) is 0 Å². The summed E-state index contributed by atoms with van der Waals surface area (Å²) in [6, 6.07) is 22.4. The Morgan fingerprint density at radius 1 is 1.03 bits per heavy atom. The minimum absolute atomic E-state index is 0.123. The second-order valence-electron chi connectivity index (χ2n) is 11.1. The van der Waals surface area contributed by atoms with Gasteiger partial charge in [0, 0.05) is 23.2 Å². The first kappa shape index (κ1) is 25.6. The molecule has 39 heavy (non-hydrogen) atoms. The molecule has 2 aliphatic rings. The molecule has 1 aliphatic heterocycles. The number of ketones is 1. The Hall–Kier alpha value is -3.64. The van der Waals surface area contributed by atoms with Crippen molar-refractivity contribution in [3.63, 3.8) is 0 Å². The maximum absolute atomic E-state index is 13.8. The van der Waals surface area contributed by atoms with Crippen molar-refractivity contribution in [3.8, 4) is 11.5 Å². The van der Waals surface area contributed by atoms with Crippen molar-refractivity contribution in [1.29, 1.82) is 0 Å². The summed E-state index contributed by atoms with van der Waals surface area (Å²) < 4.78 is 25.9. The fourth-order valence-corrected chi connectivity index (χ4v) is 6.44. The van der Waals surface area contributed by atoms with Crippen LogP contribution < -0.4 is 14.8 Å². The lowest BCUT2D eigenvalue weighted by Gasteiger charge is -2.40. The van der Waals surface area contributed by atoms with E-state index in [4.69, 9.17) is 9.47 Å². The number of rotatable bonds is 5. The minimum atomic E-state index is -0.325. The van der Waals surface area contributed by atoms with E-state index in [1.807, 2.05) is 18.2 Å². The molecular weight excluding hydrogens is 557 g/mol. The van der Waals surface area contributed by atoms with Crippen LogP contribution in [0.2, 0.25) is 0 Å². The molecular formula is C33H29BrFNO3. The zero-order valence-electron chi connectivity index (χ0n) is 22.1. The van der Waals surface area contributed by atoms with Crippen LogP contribution in [0.25, 0.3) is 16.3 Å². The summed E-state index contributed by atoms with van der Waals surface area (Å²) in [5.74, 6) is 0.992. The lowest BCUT2D eigenvalue weighted by Crippen LogP contribution is -2.33. The van der Waals surface area contributed by atoms with E-state index in [0.717, 1.165) is 55.2 Å². The monoisotopic (exact) mass is 585 g/mol. The molecule has 1 heterocycles. The number of hydrogen-bond acceptors (Lipinski definition) is 4. The number of carbonyl (C=O) groups is 1. The van der Waals surface area contributed by atoms with Gasteiger partial charge in [-0.05, 0) is 85.6 Å². The first-order valence-electron chi connectivity index (χ1n) is 13.0. The Morgan fingerprint density at radius 3 is 2.56 bits per heavy atom. The lowest BCUT2D eigenvalue weighted by atomic mass is 9.68. The molecule has 0 amide bonds. The Balaban J connectivity index is 1.44. The van der Waals surface area contributed by atoms with E-state index < -0.39 is 0 Å². The van der Waals surface area contributed by atoms with E-state index in [0.29, 0.717) is 17.9 Å². The summed E-state index contributed by atoms with van der Waals surface area (Å²) in [6.07, 6.45) is 1.33. The number of carbonyl (C=O) groups excluding carboxylic acids is 1. The number of ether oxygens (including phenoxy) is 2. The molecule has 4 nitrogen and oxygen atoms in total. The summed E-state index contributed by atoms with van der Waals surface area (Å²) >= 11 is 3.68. The average molecular weight is 587 g/mol. The summed E-state index contributed by atoms with van der Waals surface area (Å²) in [4.78, 5) is 13.8. The maximum atomic E-state index is 13.8. The van der Waals surface area contributed by atoms with E-state index >= 15 is 0 Å². The van der Waals surface area contributed by atoms with Crippen LogP contribution in [0.4, 0.5) is 10.1 Å². The fourth-order valence-electron chi connectivity index (χ4n) is 5.87. The van der Waals surface area contributed by atoms with Crippen molar-refractivity contribution in [1.82, 2.24) is 0 Å². The molecule has 4 aromatic rings. The fraction of sp³-hybridized carbons (Fsp3) is 0.242. The average Bonchev–Trinajstić information content (AvgIpc) is 2.91. The minimum Gasteiger partial charge on any atom is -0.493 e. The highest BCUT2D eigenvalue weighted by Gasteiger charge is 2.41. The molecule has 4 aromatic carbocycles. The van der Waals surface area contributed by atoms with Crippen LogP contribution in [0, 0.1) is 11.2 Å². The van der Waals surface area contributed by atoms with Gasteiger partial charge in [0.2, 0.25) is 0 Å². The van der Waals surface area contributed by atoms with Gasteiger partial charge in [-0.1, -0.05) is 56.3 Å². The second kappa shape index (κ2) is 9.83. The van der Waals surface area contributed by atoms with Gasteiger partial charge >= 0.3 is 0 Å². The maximum Gasteiger partial charge on any atom is 0.175 e. The van der Waals surface area contributed by atoms with Gasteiger partial charge in [0.15, 0.2) is 17.3 Å². The van der Waals surface area contributed by atoms with Crippen molar-refractivity contribution in [3.05, 3.63) is 105 Å². The number of halogens is 2. The molecule has 0 saturated carbocycles. The Bertz CT molecular complexity index is 1640. The summed E-state index contributed by atoms with van der Waals surface area (Å²) in [5, 5.41) is 6.01. The second-order valence-corrected chi connectivity index (χ2v) is 11.9. The van der Waals surface area contributed by atoms with E-state index in [1.54, 1.807) is 19.2 Å². The number of anilines is 1. The smallest absolute Gasteiger partial charge is 0.175 e. The van der Waals surface area contributed by atoms with Crippen LogP contribution in [-0.4, -0.2) is 12.9 Å². The number of Topliss-reactive ketones (excluding diaryl/α,β-unsaturated/α-hetero) is 1. The third-order valence-corrected chi connectivity index (χ3v) is 8.21. The van der Waals surface area contributed by atoms with Gasteiger partial charge < -0.3 is 14.8 Å². The molecule has 198 valence electrons. The number of allylic oxidation sites excluding steroid dienone is 1. The van der Waals surface area contributed by atoms with Crippen molar-refractivity contribution in [2.75, 3.05) is 12.4 Å². The first-order chi connectivity index (χ1) is 18.7. The van der Waals surface area contributed by atoms with Gasteiger partial charge in [-0.25, -0.2) is 4.39 Å². The summed E-state index contributed by atoms with van der Waals surface area (Å²) in [5.41, 5.74) is 5.73. The van der Waals surface area contributed by atoms with Gasteiger partial charge in [-0.2, -0.15) is 0 Å². The van der Waals surface area contributed by atoms with E-state index in [2.05, 4.69) is 65.4 Å². The van der Waals surface area contributed by atoms with E-state index in [-0.39, 0.29) is 29.7 Å². The van der Waals surface area contributed by atoms with Crippen molar-refractivity contribution < 1.29 is 18.7 Å². The molecule has 0 spiro atoms. The zero-order chi connectivity index (χ0) is 27.3. The van der Waals surface area contributed by atoms with Crippen molar-refractivity contribution in [2.24, 2.45) is 5.41 Å². The topological polar surface area (TPSA) is 47.6 Å². The number of nitrogens with one attached hydrogen (secondary N) is 1. The largest absolute Gasteiger partial charge is 0.493 e. The molecule has 0 unspecified atom stereocenters. The lowest BCUT2D eigenvalue weighted by molar-refractivity contribution is -0.118. The molecule has 1 N–H and O–H groups in total. The zero-order valence-corrected chi connectivity index (χ0v) is 23.7. The highest BCUT2D eigenvalue weighted by atomic mass is 79.9.